The standard InChI is InChI=1S/C11H20N2O/c1-5-6-7-8-9-13-10(14)11(2,3)12-4/h1,12H,6-9H2,2-4H3,(H,13,14). The first-order valence-corrected chi connectivity index (χ1v) is 4.95. The molecule has 80 valence electrons. The third-order valence-electron chi connectivity index (χ3n) is 2.23. The molecule has 14 heavy (non-hydrogen) atoms. The lowest BCUT2D eigenvalue weighted by Crippen LogP contribution is -2.51. The van der Waals surface area contributed by atoms with Crippen molar-refractivity contribution in [3.05, 3.63) is 0 Å². The summed E-state index contributed by atoms with van der Waals surface area (Å²) in [6, 6.07) is 0. The number of unbranched alkanes of at least 4 members (excludes halogenated alkanes) is 2. The molecule has 1 amide bonds. The lowest BCUT2D eigenvalue weighted by Gasteiger charge is -2.22. The topological polar surface area (TPSA) is 41.1 Å². The van der Waals surface area contributed by atoms with Gasteiger partial charge < -0.3 is 10.6 Å². The number of nitrogens with one attached hydrogen (secondary N) is 2. The SMILES string of the molecule is C#CCCCCNC(=O)C(C)(C)NC. The van der Waals surface area contributed by atoms with Crippen molar-refractivity contribution >= 4 is 5.91 Å². The highest BCUT2D eigenvalue weighted by molar-refractivity contribution is 5.85. The second-order valence-corrected chi connectivity index (χ2v) is 3.79. The molecule has 0 saturated carbocycles. The molecule has 0 bridgehead atoms. The van der Waals surface area contributed by atoms with Gasteiger partial charge in [0.15, 0.2) is 0 Å². The van der Waals surface area contributed by atoms with Gasteiger partial charge in [0.05, 0.1) is 5.54 Å². The van der Waals surface area contributed by atoms with Crippen LogP contribution in [-0.4, -0.2) is 25.0 Å². The minimum atomic E-state index is -0.494. The molecule has 2 N–H and O–H groups in total. The molecule has 0 spiro atoms. The predicted molar refractivity (Wildman–Crippen MR) is 58.8 cm³/mol. The highest BCUT2D eigenvalue weighted by Crippen LogP contribution is 2.00. The molecule has 0 heterocycles. The summed E-state index contributed by atoms with van der Waals surface area (Å²) >= 11 is 0. The molecular formula is C11H20N2O. The lowest BCUT2D eigenvalue weighted by atomic mass is 10.1. The Morgan fingerprint density at radius 2 is 2.07 bits per heavy atom. The lowest BCUT2D eigenvalue weighted by molar-refractivity contribution is -0.126. The molecule has 0 atom stereocenters. The monoisotopic (exact) mass is 196 g/mol. The quantitative estimate of drug-likeness (QED) is 0.489. The second kappa shape index (κ2) is 6.44. The molecular weight excluding hydrogens is 176 g/mol. The molecule has 0 saturated heterocycles. The average Bonchev–Trinajstić information content (AvgIpc) is 2.17. The Labute approximate surface area is 86.6 Å². The van der Waals surface area contributed by atoms with Crippen molar-refractivity contribution in [2.75, 3.05) is 13.6 Å². The van der Waals surface area contributed by atoms with E-state index in [2.05, 4.69) is 16.6 Å². The highest BCUT2D eigenvalue weighted by atomic mass is 16.2. The molecule has 0 unspecified atom stereocenters. The third-order valence-corrected chi connectivity index (χ3v) is 2.23. The van der Waals surface area contributed by atoms with Crippen LogP contribution < -0.4 is 10.6 Å². The van der Waals surface area contributed by atoms with E-state index < -0.39 is 5.54 Å². The number of carbonyl (C=O) groups is 1. The first-order chi connectivity index (χ1) is 6.54. The molecule has 0 radical (unpaired) electrons. The fraction of sp³-hybridized carbons (Fsp3) is 0.727. The van der Waals surface area contributed by atoms with E-state index in [1.807, 2.05) is 13.8 Å². The molecule has 0 aliphatic rings. The Bertz CT molecular complexity index is 216. The number of carbonyl (C=O) groups excluding carboxylic acids is 1. The largest absolute Gasteiger partial charge is 0.355 e. The van der Waals surface area contributed by atoms with E-state index in [4.69, 9.17) is 6.42 Å². The number of amides is 1. The van der Waals surface area contributed by atoms with E-state index in [9.17, 15) is 4.79 Å². The van der Waals surface area contributed by atoms with Crippen LogP contribution in [0.1, 0.15) is 33.1 Å². The summed E-state index contributed by atoms with van der Waals surface area (Å²) in [6.07, 6.45) is 7.81. The molecule has 0 aliphatic carbocycles. The van der Waals surface area contributed by atoms with Gasteiger partial charge in [0, 0.05) is 13.0 Å². The van der Waals surface area contributed by atoms with Crippen molar-refractivity contribution in [3.63, 3.8) is 0 Å². The van der Waals surface area contributed by atoms with Gasteiger partial charge in [-0.2, -0.15) is 0 Å². The van der Waals surface area contributed by atoms with E-state index in [1.165, 1.54) is 0 Å². The molecule has 3 heteroatoms. The van der Waals surface area contributed by atoms with Crippen LogP contribution in [0, 0.1) is 12.3 Å². The number of terminal acetylenes is 1. The van der Waals surface area contributed by atoms with E-state index in [0.29, 0.717) is 6.54 Å². The van der Waals surface area contributed by atoms with Crippen LogP contribution in [0.3, 0.4) is 0 Å². The zero-order valence-electron chi connectivity index (χ0n) is 9.31. The van der Waals surface area contributed by atoms with Gasteiger partial charge in [0.1, 0.15) is 0 Å². The van der Waals surface area contributed by atoms with Crippen LogP contribution in [0.4, 0.5) is 0 Å². The van der Waals surface area contributed by atoms with E-state index in [-0.39, 0.29) is 5.91 Å². The summed E-state index contributed by atoms with van der Waals surface area (Å²) in [7, 11) is 1.78. The summed E-state index contributed by atoms with van der Waals surface area (Å²) in [6.45, 7) is 4.40. The van der Waals surface area contributed by atoms with Crippen LogP contribution in [0.2, 0.25) is 0 Å². The van der Waals surface area contributed by atoms with Gasteiger partial charge in [-0.25, -0.2) is 0 Å². The van der Waals surface area contributed by atoms with Crippen molar-refractivity contribution in [2.24, 2.45) is 0 Å². The zero-order valence-corrected chi connectivity index (χ0v) is 9.31. The van der Waals surface area contributed by atoms with E-state index in [0.717, 1.165) is 19.3 Å². The summed E-state index contributed by atoms with van der Waals surface area (Å²) < 4.78 is 0. The molecule has 0 aliphatic heterocycles. The summed E-state index contributed by atoms with van der Waals surface area (Å²) in [5.41, 5.74) is -0.494. The Balaban J connectivity index is 3.60. The van der Waals surface area contributed by atoms with Gasteiger partial charge >= 0.3 is 0 Å². The summed E-state index contributed by atoms with van der Waals surface area (Å²) in [4.78, 5) is 11.5. The van der Waals surface area contributed by atoms with Crippen LogP contribution in [-0.2, 0) is 4.79 Å². The van der Waals surface area contributed by atoms with Gasteiger partial charge in [-0.1, -0.05) is 0 Å². The van der Waals surface area contributed by atoms with E-state index >= 15 is 0 Å². The number of hydrogen-bond acceptors (Lipinski definition) is 2. The van der Waals surface area contributed by atoms with Crippen molar-refractivity contribution in [3.8, 4) is 12.3 Å². The molecule has 3 nitrogen and oxygen atoms in total. The van der Waals surface area contributed by atoms with Crippen LogP contribution in [0.25, 0.3) is 0 Å². The molecule has 0 aromatic carbocycles. The molecule has 0 aromatic rings. The third kappa shape index (κ3) is 4.88. The van der Waals surface area contributed by atoms with Crippen molar-refractivity contribution in [1.29, 1.82) is 0 Å². The predicted octanol–water partition coefficient (Wildman–Crippen LogP) is 0.904. The molecule has 0 fully saturated rings. The van der Waals surface area contributed by atoms with E-state index in [1.54, 1.807) is 7.05 Å². The van der Waals surface area contributed by atoms with Gasteiger partial charge in [0.2, 0.25) is 5.91 Å². The number of rotatable bonds is 6. The first kappa shape index (κ1) is 13.0. The normalized spacial score (nSPS) is 10.7. The number of hydrogen-bond donors (Lipinski definition) is 2. The Morgan fingerprint density at radius 3 is 2.57 bits per heavy atom. The Kier molecular flexibility index (Phi) is 5.98. The van der Waals surface area contributed by atoms with Crippen molar-refractivity contribution < 1.29 is 4.79 Å². The van der Waals surface area contributed by atoms with Gasteiger partial charge in [-0.3, -0.25) is 4.79 Å². The Hall–Kier alpha value is -1.01. The fourth-order valence-corrected chi connectivity index (χ4v) is 0.888. The van der Waals surface area contributed by atoms with Gasteiger partial charge in [0.25, 0.3) is 0 Å². The van der Waals surface area contributed by atoms with Crippen molar-refractivity contribution in [1.82, 2.24) is 10.6 Å². The van der Waals surface area contributed by atoms with Crippen LogP contribution >= 0.6 is 0 Å². The first-order valence-electron chi connectivity index (χ1n) is 4.95. The maximum atomic E-state index is 11.5. The minimum Gasteiger partial charge on any atom is -0.355 e. The maximum absolute atomic E-state index is 11.5. The van der Waals surface area contributed by atoms with Crippen molar-refractivity contribution in [2.45, 2.75) is 38.6 Å². The summed E-state index contributed by atoms with van der Waals surface area (Å²) in [5.74, 6) is 2.60. The molecule has 0 rings (SSSR count). The second-order valence-electron chi connectivity index (χ2n) is 3.79. The smallest absolute Gasteiger partial charge is 0.239 e. The van der Waals surface area contributed by atoms with Crippen LogP contribution in [0.15, 0.2) is 0 Å². The average molecular weight is 196 g/mol. The zero-order chi connectivity index (χ0) is 11.0. The maximum Gasteiger partial charge on any atom is 0.239 e. The highest BCUT2D eigenvalue weighted by Gasteiger charge is 2.24. The fourth-order valence-electron chi connectivity index (χ4n) is 0.888. The number of likely N-dealkylation sites (N-methyl/N-ethyl adjacent to an activating group) is 1. The Morgan fingerprint density at radius 1 is 1.43 bits per heavy atom. The molecule has 0 aromatic heterocycles. The summed E-state index contributed by atoms with van der Waals surface area (Å²) in [5, 5.41) is 5.81. The minimum absolute atomic E-state index is 0.0284. The van der Waals surface area contributed by atoms with Gasteiger partial charge in [-0.05, 0) is 33.7 Å². The van der Waals surface area contributed by atoms with Crippen LogP contribution in [0.5, 0.6) is 0 Å². The van der Waals surface area contributed by atoms with Gasteiger partial charge in [-0.15, -0.1) is 12.3 Å².